The molecule has 5 rings (SSSR count). The fraction of sp³-hybridized carbons (Fsp3) is 0.364. The summed E-state index contributed by atoms with van der Waals surface area (Å²) in [5.41, 5.74) is 7.40. The Kier molecular flexibility index (Phi) is 8.47. The van der Waals surface area contributed by atoms with Gasteiger partial charge in [0.2, 0.25) is 0 Å². The fourth-order valence-corrected chi connectivity index (χ4v) is 5.84. The van der Waals surface area contributed by atoms with E-state index in [1.165, 1.54) is 16.7 Å². The molecule has 2 N–H and O–H groups in total. The van der Waals surface area contributed by atoms with Crippen LogP contribution in [0, 0.1) is 24.1 Å². The maximum absolute atomic E-state index is 15.2. The highest BCUT2D eigenvalue weighted by Crippen LogP contribution is 2.39. The highest BCUT2D eigenvalue weighted by Gasteiger charge is 2.31. The number of amides is 1. The lowest BCUT2D eigenvalue weighted by Crippen LogP contribution is -2.50. The molecule has 0 spiro atoms. The molecule has 0 atom stereocenters. The van der Waals surface area contributed by atoms with Crippen LogP contribution in [0.15, 0.2) is 41.3 Å². The zero-order valence-corrected chi connectivity index (χ0v) is 26.9. The molecule has 1 aliphatic rings. The van der Waals surface area contributed by atoms with E-state index in [0.29, 0.717) is 48.6 Å². The minimum Gasteiger partial charge on any atom is -0.444 e. The topological polar surface area (TPSA) is 130 Å². The summed E-state index contributed by atoms with van der Waals surface area (Å²) in [4.78, 5) is 40.0. The van der Waals surface area contributed by atoms with Crippen LogP contribution in [0.2, 0.25) is 5.02 Å². The van der Waals surface area contributed by atoms with Crippen LogP contribution in [0.5, 0.6) is 0 Å². The number of pyridine rings is 3. The van der Waals surface area contributed by atoms with Gasteiger partial charge in [0, 0.05) is 43.4 Å². The lowest BCUT2D eigenvalue weighted by Gasteiger charge is -2.37. The third kappa shape index (κ3) is 5.90. The van der Waals surface area contributed by atoms with Gasteiger partial charge < -0.3 is 20.3 Å². The summed E-state index contributed by atoms with van der Waals surface area (Å²) in [5, 5.41) is 10.9. The van der Waals surface area contributed by atoms with Crippen molar-refractivity contribution in [1.82, 2.24) is 19.4 Å². The van der Waals surface area contributed by atoms with E-state index < -0.39 is 23.1 Å². The minimum absolute atomic E-state index is 0.00674. The monoisotopic (exact) mass is 631 g/mol. The SMILES string of the molecule is Cc1ccnc(C(C)C)c1-n1c(=O)c(C#N)c(N2CCN(C(=O)OC(C)(C)C)CC2)c2cc(Cl)c(-c3c(N)cccc3F)nc21. The second kappa shape index (κ2) is 12.0. The van der Waals surface area contributed by atoms with Crippen molar-refractivity contribution in [2.24, 2.45) is 0 Å². The van der Waals surface area contributed by atoms with Gasteiger partial charge in [0.1, 0.15) is 28.7 Å². The quantitative estimate of drug-likeness (QED) is 0.264. The summed E-state index contributed by atoms with van der Waals surface area (Å²) < 4.78 is 22.1. The fourth-order valence-electron chi connectivity index (χ4n) is 5.59. The number of nitrogens with zero attached hydrogens (tertiary/aromatic N) is 6. The summed E-state index contributed by atoms with van der Waals surface area (Å²) >= 11 is 6.81. The van der Waals surface area contributed by atoms with Gasteiger partial charge in [0.05, 0.1) is 33.3 Å². The van der Waals surface area contributed by atoms with Crippen LogP contribution in [0.3, 0.4) is 0 Å². The first-order valence-electron chi connectivity index (χ1n) is 14.7. The number of nitrogens with two attached hydrogens (primary N) is 1. The van der Waals surface area contributed by atoms with Crippen molar-refractivity contribution in [1.29, 1.82) is 5.26 Å². The van der Waals surface area contributed by atoms with Crippen LogP contribution >= 0.6 is 11.6 Å². The number of nitriles is 1. The van der Waals surface area contributed by atoms with Gasteiger partial charge >= 0.3 is 6.09 Å². The first-order chi connectivity index (χ1) is 21.2. The van der Waals surface area contributed by atoms with E-state index in [9.17, 15) is 14.9 Å². The van der Waals surface area contributed by atoms with Gasteiger partial charge in [0.25, 0.3) is 5.56 Å². The number of aryl methyl sites for hydroxylation is 1. The van der Waals surface area contributed by atoms with Gasteiger partial charge in [-0.1, -0.05) is 31.5 Å². The molecule has 0 radical (unpaired) electrons. The summed E-state index contributed by atoms with van der Waals surface area (Å²) in [5.74, 6) is -0.702. The smallest absolute Gasteiger partial charge is 0.410 e. The molecular formula is C33H35ClFN7O3. The molecule has 45 heavy (non-hydrogen) atoms. The maximum atomic E-state index is 15.2. The third-order valence-electron chi connectivity index (χ3n) is 7.64. The molecule has 3 aromatic heterocycles. The van der Waals surface area contributed by atoms with E-state index in [2.05, 4.69) is 11.1 Å². The van der Waals surface area contributed by atoms with Crippen LogP contribution in [-0.4, -0.2) is 57.3 Å². The number of anilines is 2. The van der Waals surface area contributed by atoms with Crippen molar-refractivity contribution >= 4 is 40.1 Å². The van der Waals surface area contributed by atoms with Crippen LogP contribution in [0.4, 0.5) is 20.6 Å². The van der Waals surface area contributed by atoms with Gasteiger partial charge in [-0.25, -0.2) is 14.2 Å². The number of carbonyl (C=O) groups is 1. The summed E-state index contributed by atoms with van der Waals surface area (Å²) in [7, 11) is 0. The van der Waals surface area contributed by atoms with E-state index >= 15 is 4.39 Å². The normalized spacial score (nSPS) is 13.8. The predicted octanol–water partition coefficient (Wildman–Crippen LogP) is 6.18. The molecule has 234 valence electrons. The highest BCUT2D eigenvalue weighted by molar-refractivity contribution is 6.34. The summed E-state index contributed by atoms with van der Waals surface area (Å²) in [6.07, 6.45) is 1.23. The van der Waals surface area contributed by atoms with Gasteiger partial charge in [0.15, 0.2) is 0 Å². The van der Waals surface area contributed by atoms with Crippen molar-refractivity contribution in [3.05, 3.63) is 74.5 Å². The molecule has 0 bridgehead atoms. The number of hydrogen-bond donors (Lipinski definition) is 1. The summed E-state index contributed by atoms with van der Waals surface area (Å²) in [6, 6.07) is 9.80. The Morgan fingerprint density at radius 1 is 1.16 bits per heavy atom. The third-order valence-corrected chi connectivity index (χ3v) is 7.93. The Bertz CT molecular complexity index is 1900. The van der Waals surface area contributed by atoms with Crippen LogP contribution in [-0.2, 0) is 4.74 Å². The Morgan fingerprint density at radius 2 is 1.84 bits per heavy atom. The number of hydrogen-bond acceptors (Lipinski definition) is 8. The molecule has 0 aliphatic carbocycles. The van der Waals surface area contributed by atoms with Gasteiger partial charge in [-0.05, 0) is 63.4 Å². The van der Waals surface area contributed by atoms with Gasteiger partial charge in [-0.2, -0.15) is 5.26 Å². The maximum Gasteiger partial charge on any atom is 0.410 e. The summed E-state index contributed by atoms with van der Waals surface area (Å²) in [6.45, 7) is 12.4. The second-order valence-corrected chi connectivity index (χ2v) is 12.7. The molecule has 1 aromatic carbocycles. The lowest BCUT2D eigenvalue weighted by molar-refractivity contribution is 0.0240. The number of carbonyl (C=O) groups excluding carboxylic acids is 1. The molecular weight excluding hydrogens is 597 g/mol. The van der Waals surface area contributed by atoms with Crippen molar-refractivity contribution < 1.29 is 13.9 Å². The molecule has 12 heteroatoms. The van der Waals surface area contributed by atoms with E-state index in [1.807, 2.05) is 25.7 Å². The number of ether oxygens (including phenoxy) is 1. The first kappa shape index (κ1) is 31.7. The lowest BCUT2D eigenvalue weighted by atomic mass is 10.0. The van der Waals surface area contributed by atoms with Gasteiger partial charge in [-0.3, -0.25) is 14.3 Å². The molecule has 4 heterocycles. The molecule has 1 saturated heterocycles. The Balaban J connectivity index is 1.79. The number of fused-ring (bicyclic) bond motifs is 1. The highest BCUT2D eigenvalue weighted by atomic mass is 35.5. The van der Waals surface area contributed by atoms with Crippen LogP contribution in [0.25, 0.3) is 28.0 Å². The minimum atomic E-state index is -0.649. The van der Waals surface area contributed by atoms with E-state index in [-0.39, 0.29) is 39.1 Å². The van der Waals surface area contributed by atoms with Crippen LogP contribution in [0.1, 0.15) is 57.4 Å². The number of nitrogen functional groups attached to an aromatic ring is 1. The first-order valence-corrected chi connectivity index (χ1v) is 15.0. The van der Waals surface area contributed by atoms with Crippen molar-refractivity contribution in [2.45, 2.75) is 53.1 Å². The van der Waals surface area contributed by atoms with Gasteiger partial charge in [-0.15, -0.1) is 0 Å². The average molecular weight is 632 g/mol. The van der Waals surface area contributed by atoms with Crippen molar-refractivity contribution in [2.75, 3.05) is 36.8 Å². The molecule has 0 saturated carbocycles. The molecule has 1 amide bonds. The van der Waals surface area contributed by atoms with E-state index in [4.69, 9.17) is 27.1 Å². The Morgan fingerprint density at radius 3 is 2.44 bits per heavy atom. The molecule has 1 aliphatic heterocycles. The second-order valence-electron chi connectivity index (χ2n) is 12.3. The largest absolute Gasteiger partial charge is 0.444 e. The van der Waals surface area contributed by atoms with E-state index in [0.717, 1.165) is 5.56 Å². The molecule has 4 aromatic rings. The Hall–Kier alpha value is -4.69. The number of aromatic nitrogens is 3. The Labute approximate surface area is 265 Å². The van der Waals surface area contributed by atoms with E-state index in [1.54, 1.807) is 50.1 Å². The van der Waals surface area contributed by atoms with Crippen molar-refractivity contribution in [3.8, 4) is 23.0 Å². The average Bonchev–Trinajstić information content (AvgIpc) is 2.96. The zero-order chi connectivity index (χ0) is 32.8. The number of piperazine rings is 1. The number of benzene rings is 1. The molecule has 0 unspecified atom stereocenters. The number of halogens is 2. The zero-order valence-electron chi connectivity index (χ0n) is 26.1. The van der Waals surface area contributed by atoms with Crippen LogP contribution < -0.4 is 16.2 Å². The number of rotatable bonds is 4. The predicted molar refractivity (Wildman–Crippen MR) is 174 cm³/mol. The molecule has 10 nitrogen and oxygen atoms in total. The standard InChI is InChI=1S/C33H35ClFN7O3/c1-18(2)26-28(19(3)10-11-38-26)42-30-20(16-22(34)27(39-30)25-23(35)8-7-9-24(25)37)29(21(17-36)31(42)43)40-12-14-41(15-13-40)32(44)45-33(4,5)6/h7-11,16,18H,12-15,37H2,1-6H3. The molecule has 1 fully saturated rings. The van der Waals surface area contributed by atoms with Crippen molar-refractivity contribution in [3.63, 3.8) is 0 Å².